The molecule has 20 heavy (non-hydrogen) atoms. The van der Waals surface area contributed by atoms with Gasteiger partial charge in [0.25, 0.3) is 0 Å². The minimum absolute atomic E-state index is 0. The first kappa shape index (κ1) is 17.0. The van der Waals surface area contributed by atoms with Crippen LogP contribution in [0.25, 0.3) is 0 Å². The molecule has 1 aliphatic heterocycles. The second kappa shape index (κ2) is 8.28. The van der Waals surface area contributed by atoms with E-state index < -0.39 is 0 Å². The molecule has 108 valence electrons. The van der Waals surface area contributed by atoms with Gasteiger partial charge in [0, 0.05) is 24.0 Å². The average molecular weight is 357 g/mol. The van der Waals surface area contributed by atoms with Gasteiger partial charge in [-0.1, -0.05) is 29.3 Å². The van der Waals surface area contributed by atoms with Crippen molar-refractivity contribution in [1.82, 2.24) is 4.90 Å². The van der Waals surface area contributed by atoms with Crippen molar-refractivity contribution in [1.29, 1.82) is 5.26 Å². The summed E-state index contributed by atoms with van der Waals surface area (Å²) in [5.41, 5.74) is 1.41. The Labute approximate surface area is 135 Å². The van der Waals surface area contributed by atoms with Crippen LogP contribution in [0.15, 0.2) is 27.7 Å². The maximum Gasteiger partial charge on any atom is 0.105 e. The van der Waals surface area contributed by atoms with Gasteiger partial charge < -0.3 is 4.90 Å². The Bertz CT molecular complexity index is 522. The van der Waals surface area contributed by atoms with Crippen molar-refractivity contribution in [3.63, 3.8) is 0 Å². The Balaban J connectivity index is 0.00000200. The number of unbranched alkanes of at least 4 members (excludes halogenated alkanes) is 1. The van der Waals surface area contributed by atoms with Gasteiger partial charge in [-0.3, -0.25) is 0 Å². The number of amidine groups is 1. The molecule has 0 radical (unpaired) electrons. The van der Waals surface area contributed by atoms with Crippen LogP contribution in [0.5, 0.6) is 0 Å². The largest absolute Gasteiger partial charge is 0.360 e. The van der Waals surface area contributed by atoms with E-state index in [2.05, 4.69) is 33.8 Å². The average Bonchev–Trinajstić information content (AvgIpc) is 2.85. The number of nitriles is 1. The van der Waals surface area contributed by atoms with Gasteiger partial charge >= 0.3 is 0 Å². The zero-order chi connectivity index (χ0) is 13.7. The van der Waals surface area contributed by atoms with E-state index in [-0.39, 0.29) is 12.4 Å². The van der Waals surface area contributed by atoms with Crippen LogP contribution in [0.4, 0.5) is 5.69 Å². The predicted octanol–water partition coefficient (Wildman–Crippen LogP) is 4.67. The molecule has 0 saturated carbocycles. The molecule has 0 atom stereocenters. The Hall–Kier alpha value is -1.05. The summed E-state index contributed by atoms with van der Waals surface area (Å²) in [5, 5.41) is 9.17. The highest BCUT2D eigenvalue weighted by atomic mass is 79.9. The lowest BCUT2D eigenvalue weighted by atomic mass is 10.2. The summed E-state index contributed by atoms with van der Waals surface area (Å²) in [6.45, 7) is 4.38. The van der Waals surface area contributed by atoms with Crippen molar-refractivity contribution >= 4 is 39.9 Å². The maximum atomic E-state index is 9.17. The molecule has 5 heteroatoms. The van der Waals surface area contributed by atoms with Gasteiger partial charge in [-0.15, -0.1) is 12.4 Å². The first-order chi connectivity index (χ1) is 9.24. The third-order valence-electron chi connectivity index (χ3n) is 3.30. The Morgan fingerprint density at radius 2 is 2.25 bits per heavy atom. The number of likely N-dealkylation sites (tertiary alicyclic amines) is 1. The highest BCUT2D eigenvalue weighted by molar-refractivity contribution is 9.10. The van der Waals surface area contributed by atoms with E-state index in [0.29, 0.717) is 5.56 Å². The monoisotopic (exact) mass is 355 g/mol. The number of hydrogen-bond acceptors (Lipinski definition) is 2. The molecule has 1 aromatic carbocycles. The van der Waals surface area contributed by atoms with Crippen LogP contribution in [-0.2, 0) is 0 Å². The summed E-state index contributed by atoms with van der Waals surface area (Å²) < 4.78 is 0.919. The van der Waals surface area contributed by atoms with Gasteiger partial charge in [0.15, 0.2) is 0 Å². The molecule has 0 bridgehead atoms. The molecule has 0 N–H and O–H groups in total. The summed E-state index contributed by atoms with van der Waals surface area (Å²) >= 11 is 3.39. The lowest BCUT2D eigenvalue weighted by Gasteiger charge is -2.18. The molecule has 1 aliphatic rings. The van der Waals surface area contributed by atoms with Crippen molar-refractivity contribution < 1.29 is 0 Å². The fourth-order valence-corrected chi connectivity index (χ4v) is 2.63. The molecule has 2 rings (SSSR count). The quantitative estimate of drug-likeness (QED) is 0.786. The Morgan fingerprint density at radius 1 is 1.45 bits per heavy atom. The zero-order valence-corrected chi connectivity index (χ0v) is 14.0. The van der Waals surface area contributed by atoms with Gasteiger partial charge in [0.2, 0.25) is 0 Å². The van der Waals surface area contributed by atoms with E-state index in [1.165, 1.54) is 19.3 Å². The van der Waals surface area contributed by atoms with Crippen LogP contribution in [0.1, 0.15) is 38.2 Å². The normalized spacial score (nSPS) is 16.1. The summed E-state index contributed by atoms with van der Waals surface area (Å²) in [5.74, 6) is 1.13. The van der Waals surface area contributed by atoms with Gasteiger partial charge in [-0.2, -0.15) is 5.26 Å². The number of nitrogens with zero attached hydrogens (tertiary/aromatic N) is 3. The molecular formula is C15H19BrClN3. The van der Waals surface area contributed by atoms with Crippen molar-refractivity contribution in [2.24, 2.45) is 4.99 Å². The highest BCUT2D eigenvalue weighted by Gasteiger charge is 2.18. The van der Waals surface area contributed by atoms with Crippen molar-refractivity contribution in [2.75, 3.05) is 13.1 Å². The van der Waals surface area contributed by atoms with E-state index in [1.54, 1.807) is 0 Å². The van der Waals surface area contributed by atoms with E-state index in [0.717, 1.165) is 35.5 Å². The summed E-state index contributed by atoms with van der Waals surface area (Å²) in [6.07, 6.45) is 4.58. The van der Waals surface area contributed by atoms with Gasteiger partial charge in [0.05, 0.1) is 11.3 Å². The molecule has 1 aromatic rings. The van der Waals surface area contributed by atoms with Crippen LogP contribution in [0, 0.1) is 11.3 Å². The van der Waals surface area contributed by atoms with Crippen LogP contribution in [-0.4, -0.2) is 23.8 Å². The topological polar surface area (TPSA) is 39.4 Å². The molecule has 0 spiro atoms. The molecule has 0 unspecified atom stereocenters. The third-order valence-corrected chi connectivity index (χ3v) is 3.80. The fourth-order valence-electron chi connectivity index (χ4n) is 2.27. The van der Waals surface area contributed by atoms with E-state index in [1.807, 2.05) is 18.2 Å². The molecular weight excluding hydrogens is 338 g/mol. The van der Waals surface area contributed by atoms with Gasteiger partial charge in [-0.25, -0.2) is 4.99 Å². The summed E-state index contributed by atoms with van der Waals surface area (Å²) in [7, 11) is 0. The number of aliphatic imine (C=N–C) groups is 1. The van der Waals surface area contributed by atoms with Crippen molar-refractivity contribution in [3.8, 4) is 6.07 Å². The number of benzene rings is 1. The second-order valence-corrected chi connectivity index (χ2v) is 5.66. The second-order valence-electron chi connectivity index (χ2n) is 4.75. The Morgan fingerprint density at radius 3 is 2.95 bits per heavy atom. The predicted molar refractivity (Wildman–Crippen MR) is 88.9 cm³/mol. The van der Waals surface area contributed by atoms with E-state index >= 15 is 0 Å². The smallest absolute Gasteiger partial charge is 0.105 e. The fraction of sp³-hybridized carbons (Fsp3) is 0.467. The standard InChI is InChI=1S/C15H18BrN3.ClH/c1-2-3-8-19-9-4-5-15(19)18-14-7-6-13(16)10-12(14)11-17;/h6-7,10H,2-5,8-9H2,1H3;1H. The van der Waals surface area contributed by atoms with Crippen LogP contribution in [0.2, 0.25) is 0 Å². The molecule has 1 saturated heterocycles. The molecule has 0 aromatic heterocycles. The Kier molecular flexibility index (Phi) is 7.04. The third kappa shape index (κ3) is 4.22. The minimum Gasteiger partial charge on any atom is -0.360 e. The van der Waals surface area contributed by atoms with Crippen LogP contribution in [0.3, 0.4) is 0 Å². The number of rotatable bonds is 4. The number of hydrogen-bond donors (Lipinski definition) is 0. The van der Waals surface area contributed by atoms with Crippen LogP contribution < -0.4 is 0 Å². The molecule has 0 amide bonds. The molecule has 1 heterocycles. The lowest BCUT2D eigenvalue weighted by molar-refractivity contribution is 0.440. The van der Waals surface area contributed by atoms with Crippen molar-refractivity contribution in [3.05, 3.63) is 28.2 Å². The first-order valence-electron chi connectivity index (χ1n) is 6.76. The van der Waals surface area contributed by atoms with E-state index in [9.17, 15) is 5.26 Å². The van der Waals surface area contributed by atoms with Crippen molar-refractivity contribution in [2.45, 2.75) is 32.6 Å². The maximum absolute atomic E-state index is 9.17. The summed E-state index contributed by atoms with van der Waals surface area (Å²) in [4.78, 5) is 7.06. The lowest BCUT2D eigenvalue weighted by Crippen LogP contribution is -2.25. The highest BCUT2D eigenvalue weighted by Crippen LogP contribution is 2.25. The SMILES string of the molecule is CCCCN1CCCC1=Nc1ccc(Br)cc1C#N.Cl. The molecule has 3 nitrogen and oxygen atoms in total. The van der Waals surface area contributed by atoms with E-state index in [4.69, 9.17) is 4.99 Å². The summed E-state index contributed by atoms with van der Waals surface area (Å²) in [6, 6.07) is 7.88. The molecule has 1 fully saturated rings. The van der Waals surface area contributed by atoms with Crippen LogP contribution >= 0.6 is 28.3 Å². The van der Waals surface area contributed by atoms with Gasteiger partial charge in [-0.05, 0) is 31.0 Å². The molecule has 0 aliphatic carbocycles. The van der Waals surface area contributed by atoms with Gasteiger partial charge in [0.1, 0.15) is 11.9 Å². The first-order valence-corrected chi connectivity index (χ1v) is 7.56. The number of halogens is 2. The minimum atomic E-state index is 0. The zero-order valence-electron chi connectivity index (χ0n) is 11.6.